The summed E-state index contributed by atoms with van der Waals surface area (Å²) >= 11 is 0. The highest BCUT2D eigenvalue weighted by atomic mass is 14.1. The Morgan fingerprint density at radius 1 is 0.706 bits per heavy atom. The molecule has 0 saturated heterocycles. The monoisotopic (exact) mass is 239 g/mol. The molecule has 0 aromatic heterocycles. The molecule has 0 spiro atoms. The molecule has 0 heterocycles. The van der Waals surface area contributed by atoms with Crippen LogP contribution < -0.4 is 0 Å². The number of rotatable bonds is 13. The molecule has 1 radical (unpaired) electrons. The van der Waals surface area contributed by atoms with Crippen molar-refractivity contribution in [3.8, 4) is 0 Å². The van der Waals surface area contributed by atoms with Crippen molar-refractivity contribution in [1.82, 2.24) is 0 Å². The molecular formula is C17H35. The third-order valence-electron chi connectivity index (χ3n) is 3.91. The van der Waals surface area contributed by atoms with Crippen molar-refractivity contribution in [3.05, 3.63) is 6.92 Å². The van der Waals surface area contributed by atoms with E-state index in [9.17, 15) is 0 Å². The van der Waals surface area contributed by atoms with Crippen molar-refractivity contribution < 1.29 is 0 Å². The Labute approximate surface area is 111 Å². The summed E-state index contributed by atoms with van der Waals surface area (Å²) in [7, 11) is 0. The second-order valence-electron chi connectivity index (χ2n) is 5.53. The first-order valence-corrected chi connectivity index (χ1v) is 8.14. The average molecular weight is 239 g/mol. The fourth-order valence-electron chi connectivity index (χ4n) is 2.55. The zero-order chi connectivity index (χ0) is 12.8. The zero-order valence-corrected chi connectivity index (χ0v) is 12.5. The van der Waals surface area contributed by atoms with Gasteiger partial charge in [0.2, 0.25) is 0 Å². The van der Waals surface area contributed by atoms with Crippen molar-refractivity contribution in [2.45, 2.75) is 97.3 Å². The van der Waals surface area contributed by atoms with E-state index in [2.05, 4.69) is 20.8 Å². The summed E-state index contributed by atoms with van der Waals surface area (Å²) in [4.78, 5) is 0. The molecule has 0 aromatic carbocycles. The minimum atomic E-state index is 1.01. The van der Waals surface area contributed by atoms with Gasteiger partial charge in [0.1, 0.15) is 0 Å². The van der Waals surface area contributed by atoms with Crippen LogP contribution in [0, 0.1) is 12.8 Å². The maximum atomic E-state index is 3.91. The van der Waals surface area contributed by atoms with Crippen LogP contribution in [0.4, 0.5) is 0 Å². The lowest BCUT2D eigenvalue weighted by atomic mass is 9.92. The van der Waals surface area contributed by atoms with Crippen LogP contribution in [0.15, 0.2) is 0 Å². The summed E-state index contributed by atoms with van der Waals surface area (Å²) in [6, 6.07) is 0. The Morgan fingerprint density at radius 2 is 1.24 bits per heavy atom. The van der Waals surface area contributed by atoms with Crippen LogP contribution in [0.5, 0.6) is 0 Å². The Kier molecular flexibility index (Phi) is 14.1. The first-order chi connectivity index (χ1) is 8.35. The number of unbranched alkanes of at least 4 members (excludes halogenated alkanes) is 8. The van der Waals surface area contributed by atoms with Gasteiger partial charge >= 0.3 is 0 Å². The summed E-state index contributed by atoms with van der Waals surface area (Å²) in [5, 5.41) is 0. The van der Waals surface area contributed by atoms with Gasteiger partial charge in [-0.15, -0.1) is 0 Å². The highest BCUT2D eigenvalue weighted by Crippen LogP contribution is 2.21. The molecule has 0 fully saturated rings. The van der Waals surface area contributed by atoms with E-state index in [1.807, 2.05) is 0 Å². The third-order valence-corrected chi connectivity index (χ3v) is 3.91. The van der Waals surface area contributed by atoms with Crippen LogP contribution in [0.1, 0.15) is 97.3 Å². The van der Waals surface area contributed by atoms with Crippen molar-refractivity contribution >= 4 is 0 Å². The molecule has 0 heteroatoms. The number of hydrogen-bond acceptors (Lipinski definition) is 0. The average Bonchev–Trinajstić information content (AvgIpc) is 2.36. The molecule has 1 unspecified atom stereocenters. The van der Waals surface area contributed by atoms with Crippen LogP contribution in [0.2, 0.25) is 0 Å². The van der Waals surface area contributed by atoms with Crippen molar-refractivity contribution in [2.24, 2.45) is 5.92 Å². The molecule has 0 bridgehead atoms. The summed E-state index contributed by atoms with van der Waals surface area (Å²) in [5.41, 5.74) is 0. The first-order valence-electron chi connectivity index (χ1n) is 8.14. The lowest BCUT2D eigenvalue weighted by Crippen LogP contribution is -1.99. The maximum absolute atomic E-state index is 3.91. The van der Waals surface area contributed by atoms with E-state index >= 15 is 0 Å². The van der Waals surface area contributed by atoms with Crippen LogP contribution in [-0.4, -0.2) is 0 Å². The van der Waals surface area contributed by atoms with Gasteiger partial charge in [0, 0.05) is 0 Å². The molecule has 103 valence electrons. The third kappa shape index (κ3) is 12.2. The van der Waals surface area contributed by atoms with Gasteiger partial charge in [0.05, 0.1) is 0 Å². The Morgan fingerprint density at radius 3 is 1.76 bits per heavy atom. The molecule has 0 aliphatic carbocycles. The van der Waals surface area contributed by atoms with Crippen molar-refractivity contribution in [3.63, 3.8) is 0 Å². The predicted octanol–water partition coefficient (Wildman–Crippen LogP) is 6.55. The standard InChI is InChI=1S/C17H35/c1-4-7-9-11-12-14-16-17(6-3)15-13-10-8-5-2/h17H,2,4-16H2,1,3H3. The summed E-state index contributed by atoms with van der Waals surface area (Å²) in [6.07, 6.45) is 18.3. The van der Waals surface area contributed by atoms with Crippen LogP contribution in [0.25, 0.3) is 0 Å². The minimum absolute atomic E-state index is 1.01. The first kappa shape index (κ1) is 17.0. The van der Waals surface area contributed by atoms with Crippen LogP contribution in [-0.2, 0) is 0 Å². The smallest absolute Gasteiger partial charge is 0.0417 e. The van der Waals surface area contributed by atoms with Gasteiger partial charge < -0.3 is 0 Å². The van der Waals surface area contributed by atoms with Gasteiger partial charge in [-0.3, -0.25) is 0 Å². The van der Waals surface area contributed by atoms with Gasteiger partial charge in [0.25, 0.3) is 0 Å². The lowest BCUT2D eigenvalue weighted by Gasteiger charge is -2.14. The quantitative estimate of drug-likeness (QED) is 0.320. The van der Waals surface area contributed by atoms with E-state index in [0.717, 1.165) is 12.3 Å². The zero-order valence-electron chi connectivity index (χ0n) is 12.5. The molecule has 0 N–H and O–H groups in total. The largest absolute Gasteiger partial charge is 0.0654 e. The molecule has 0 nitrogen and oxygen atoms in total. The normalized spacial score (nSPS) is 12.9. The van der Waals surface area contributed by atoms with E-state index in [1.165, 1.54) is 77.0 Å². The van der Waals surface area contributed by atoms with E-state index in [4.69, 9.17) is 0 Å². The molecule has 0 rings (SSSR count). The topological polar surface area (TPSA) is 0 Å². The summed E-state index contributed by atoms with van der Waals surface area (Å²) < 4.78 is 0. The Hall–Kier alpha value is 0. The van der Waals surface area contributed by atoms with Crippen LogP contribution in [0.3, 0.4) is 0 Å². The van der Waals surface area contributed by atoms with E-state index < -0.39 is 0 Å². The maximum Gasteiger partial charge on any atom is -0.0417 e. The molecule has 1 atom stereocenters. The lowest BCUT2D eigenvalue weighted by molar-refractivity contribution is 0.395. The fourth-order valence-corrected chi connectivity index (χ4v) is 2.55. The molecule has 0 aliphatic rings. The molecule has 0 amide bonds. The second-order valence-corrected chi connectivity index (χ2v) is 5.53. The SMILES string of the molecule is [CH2]CCCCCC(CC)CCCCCCCC. The minimum Gasteiger partial charge on any atom is -0.0654 e. The second kappa shape index (κ2) is 14.1. The highest BCUT2D eigenvalue weighted by molar-refractivity contribution is 4.59. The Balaban J connectivity index is 3.28. The summed E-state index contributed by atoms with van der Waals surface area (Å²) in [6.45, 7) is 8.56. The van der Waals surface area contributed by atoms with Gasteiger partial charge in [-0.1, -0.05) is 104 Å². The molecule has 0 aromatic rings. The van der Waals surface area contributed by atoms with Crippen LogP contribution >= 0.6 is 0 Å². The van der Waals surface area contributed by atoms with Gasteiger partial charge in [-0.2, -0.15) is 0 Å². The Bertz CT molecular complexity index is 128. The van der Waals surface area contributed by atoms with Crippen molar-refractivity contribution in [1.29, 1.82) is 0 Å². The summed E-state index contributed by atoms with van der Waals surface area (Å²) in [5.74, 6) is 1.01. The van der Waals surface area contributed by atoms with E-state index in [-0.39, 0.29) is 0 Å². The van der Waals surface area contributed by atoms with E-state index in [1.54, 1.807) is 0 Å². The van der Waals surface area contributed by atoms with Crippen molar-refractivity contribution in [2.75, 3.05) is 0 Å². The van der Waals surface area contributed by atoms with E-state index in [0.29, 0.717) is 0 Å². The molecular weight excluding hydrogens is 204 g/mol. The van der Waals surface area contributed by atoms with Gasteiger partial charge in [-0.05, 0) is 5.92 Å². The molecule has 0 aliphatic heterocycles. The van der Waals surface area contributed by atoms with Gasteiger partial charge in [-0.25, -0.2) is 0 Å². The molecule has 17 heavy (non-hydrogen) atoms. The predicted molar refractivity (Wildman–Crippen MR) is 80.2 cm³/mol. The molecule has 0 saturated carbocycles. The highest BCUT2D eigenvalue weighted by Gasteiger charge is 2.05. The number of hydrogen-bond donors (Lipinski definition) is 0. The van der Waals surface area contributed by atoms with Gasteiger partial charge in [0.15, 0.2) is 0 Å². The fraction of sp³-hybridized carbons (Fsp3) is 0.941.